The second-order valence-electron chi connectivity index (χ2n) is 6.78. The monoisotopic (exact) mass is 308 g/mol. The number of rotatable bonds is 3. The fourth-order valence-corrected chi connectivity index (χ4v) is 3.65. The number of carbonyl (C=O) groups is 3. The summed E-state index contributed by atoms with van der Waals surface area (Å²) in [6.07, 6.45) is 5.81. The van der Waals surface area contributed by atoms with Gasteiger partial charge < -0.3 is 14.9 Å². The van der Waals surface area contributed by atoms with E-state index in [9.17, 15) is 19.5 Å². The first-order valence-corrected chi connectivity index (χ1v) is 8.40. The van der Waals surface area contributed by atoms with Gasteiger partial charge in [0.15, 0.2) is 0 Å². The Labute approximate surface area is 130 Å². The Morgan fingerprint density at radius 2 is 1.59 bits per heavy atom. The second-order valence-corrected chi connectivity index (χ2v) is 6.78. The van der Waals surface area contributed by atoms with E-state index in [1.54, 1.807) is 4.90 Å². The molecule has 2 amide bonds. The van der Waals surface area contributed by atoms with Crippen molar-refractivity contribution in [3.8, 4) is 0 Å². The predicted molar refractivity (Wildman–Crippen MR) is 79.0 cm³/mol. The number of amides is 2. The Hall–Kier alpha value is -1.59. The highest BCUT2D eigenvalue weighted by Gasteiger charge is 2.40. The summed E-state index contributed by atoms with van der Waals surface area (Å²) in [5.41, 5.74) is 0. The van der Waals surface area contributed by atoms with E-state index in [2.05, 4.69) is 0 Å². The van der Waals surface area contributed by atoms with Gasteiger partial charge in [-0.15, -0.1) is 0 Å². The summed E-state index contributed by atoms with van der Waals surface area (Å²) in [6, 6.07) is -0.684. The lowest BCUT2D eigenvalue weighted by molar-refractivity contribution is -0.155. The topological polar surface area (TPSA) is 77.9 Å². The zero-order valence-corrected chi connectivity index (χ0v) is 12.9. The molecule has 3 rings (SSSR count). The molecule has 0 radical (unpaired) electrons. The van der Waals surface area contributed by atoms with Crippen molar-refractivity contribution in [1.82, 2.24) is 9.80 Å². The van der Waals surface area contributed by atoms with Crippen LogP contribution in [-0.2, 0) is 14.4 Å². The summed E-state index contributed by atoms with van der Waals surface area (Å²) in [4.78, 5) is 39.7. The van der Waals surface area contributed by atoms with E-state index >= 15 is 0 Å². The highest BCUT2D eigenvalue weighted by Crippen LogP contribution is 2.33. The van der Waals surface area contributed by atoms with Crippen molar-refractivity contribution in [2.45, 2.75) is 51.0 Å². The average molecular weight is 308 g/mol. The zero-order chi connectivity index (χ0) is 15.7. The molecule has 0 aromatic rings. The van der Waals surface area contributed by atoms with Crippen molar-refractivity contribution in [1.29, 1.82) is 0 Å². The van der Waals surface area contributed by atoms with Crippen LogP contribution in [0, 0.1) is 11.8 Å². The van der Waals surface area contributed by atoms with Crippen molar-refractivity contribution in [2.75, 3.05) is 19.6 Å². The summed E-state index contributed by atoms with van der Waals surface area (Å²) in [5.74, 6) is -0.840. The highest BCUT2D eigenvalue weighted by molar-refractivity contribution is 5.86. The molecule has 1 saturated carbocycles. The van der Waals surface area contributed by atoms with Gasteiger partial charge in [0.25, 0.3) is 0 Å². The molecule has 6 heteroatoms. The van der Waals surface area contributed by atoms with Gasteiger partial charge in [-0.25, -0.2) is 4.79 Å². The van der Waals surface area contributed by atoms with Crippen molar-refractivity contribution in [3.63, 3.8) is 0 Å². The van der Waals surface area contributed by atoms with E-state index in [1.807, 2.05) is 4.90 Å². The number of nitrogens with zero attached hydrogens (tertiary/aromatic N) is 2. The minimum absolute atomic E-state index is 0.0691. The molecule has 3 fully saturated rings. The highest BCUT2D eigenvalue weighted by atomic mass is 16.4. The smallest absolute Gasteiger partial charge is 0.326 e. The van der Waals surface area contributed by atoms with Gasteiger partial charge in [0.05, 0.1) is 5.92 Å². The first kappa shape index (κ1) is 15.3. The molecule has 0 unspecified atom stereocenters. The van der Waals surface area contributed by atoms with Crippen LogP contribution in [-0.4, -0.2) is 58.4 Å². The minimum atomic E-state index is -0.908. The Balaban J connectivity index is 1.65. The van der Waals surface area contributed by atoms with Gasteiger partial charge in [0.2, 0.25) is 11.8 Å². The van der Waals surface area contributed by atoms with Crippen LogP contribution in [0.15, 0.2) is 0 Å². The molecule has 0 aromatic heterocycles. The van der Waals surface area contributed by atoms with Gasteiger partial charge in [-0.3, -0.25) is 9.59 Å². The molecule has 22 heavy (non-hydrogen) atoms. The first-order chi connectivity index (χ1) is 10.6. The molecule has 2 aliphatic heterocycles. The van der Waals surface area contributed by atoms with Crippen LogP contribution < -0.4 is 0 Å². The molecule has 3 aliphatic rings. The molecule has 2 atom stereocenters. The molecule has 2 heterocycles. The van der Waals surface area contributed by atoms with Gasteiger partial charge in [-0.1, -0.05) is 0 Å². The lowest BCUT2D eigenvalue weighted by Gasteiger charge is -2.39. The van der Waals surface area contributed by atoms with Crippen LogP contribution in [0.25, 0.3) is 0 Å². The maximum atomic E-state index is 12.7. The quantitative estimate of drug-likeness (QED) is 0.847. The molecule has 2 saturated heterocycles. The van der Waals surface area contributed by atoms with Gasteiger partial charge >= 0.3 is 5.97 Å². The standard InChI is InChI=1S/C16H24N2O4/c19-14(11-6-7-11)17-8-3-4-12(10-17)15(20)18-9-2-1-5-13(18)16(21)22/h11-13H,1-10H2,(H,21,22)/t12-,13+/m0/s1. The Kier molecular flexibility index (Phi) is 4.36. The molecule has 1 aliphatic carbocycles. The molecule has 1 N–H and O–H groups in total. The number of piperidine rings is 2. The summed E-state index contributed by atoms with van der Waals surface area (Å²) in [7, 11) is 0. The van der Waals surface area contributed by atoms with Crippen molar-refractivity contribution in [3.05, 3.63) is 0 Å². The van der Waals surface area contributed by atoms with E-state index < -0.39 is 12.0 Å². The molecule has 0 spiro atoms. The normalized spacial score (nSPS) is 29.3. The Morgan fingerprint density at radius 3 is 2.27 bits per heavy atom. The third kappa shape index (κ3) is 3.10. The summed E-state index contributed by atoms with van der Waals surface area (Å²) in [5, 5.41) is 9.32. The molecular weight excluding hydrogens is 284 g/mol. The van der Waals surface area contributed by atoms with Gasteiger partial charge in [0.1, 0.15) is 6.04 Å². The largest absolute Gasteiger partial charge is 0.480 e. The minimum Gasteiger partial charge on any atom is -0.480 e. The maximum absolute atomic E-state index is 12.7. The van der Waals surface area contributed by atoms with E-state index in [-0.39, 0.29) is 23.7 Å². The van der Waals surface area contributed by atoms with Crippen LogP contribution in [0.5, 0.6) is 0 Å². The van der Waals surface area contributed by atoms with Crippen molar-refractivity contribution in [2.24, 2.45) is 11.8 Å². The van der Waals surface area contributed by atoms with Crippen LogP contribution >= 0.6 is 0 Å². The van der Waals surface area contributed by atoms with Crippen LogP contribution in [0.2, 0.25) is 0 Å². The Bertz CT molecular complexity index is 475. The van der Waals surface area contributed by atoms with Crippen LogP contribution in [0.3, 0.4) is 0 Å². The Morgan fingerprint density at radius 1 is 0.818 bits per heavy atom. The summed E-state index contributed by atoms with van der Waals surface area (Å²) >= 11 is 0. The van der Waals surface area contributed by atoms with E-state index in [0.29, 0.717) is 19.5 Å². The third-order valence-corrected chi connectivity index (χ3v) is 5.08. The second kappa shape index (κ2) is 6.26. The van der Waals surface area contributed by atoms with E-state index in [1.165, 1.54) is 0 Å². The van der Waals surface area contributed by atoms with Crippen LogP contribution in [0.1, 0.15) is 44.9 Å². The van der Waals surface area contributed by atoms with Gasteiger partial charge in [-0.05, 0) is 44.9 Å². The van der Waals surface area contributed by atoms with E-state index in [0.717, 1.165) is 45.1 Å². The van der Waals surface area contributed by atoms with Gasteiger partial charge in [0, 0.05) is 25.6 Å². The SMILES string of the molecule is O=C(O)[C@H]1CCCCN1C(=O)[C@H]1CCCN(C(=O)C2CC2)C1. The van der Waals surface area contributed by atoms with Crippen molar-refractivity contribution < 1.29 is 19.5 Å². The van der Waals surface area contributed by atoms with E-state index in [4.69, 9.17) is 0 Å². The zero-order valence-electron chi connectivity index (χ0n) is 12.9. The lowest BCUT2D eigenvalue weighted by Crippen LogP contribution is -2.53. The lowest BCUT2D eigenvalue weighted by atomic mass is 9.93. The number of carbonyl (C=O) groups excluding carboxylic acids is 2. The van der Waals surface area contributed by atoms with Gasteiger partial charge in [-0.2, -0.15) is 0 Å². The fourth-order valence-electron chi connectivity index (χ4n) is 3.65. The van der Waals surface area contributed by atoms with Crippen LogP contribution in [0.4, 0.5) is 0 Å². The number of hydrogen-bond acceptors (Lipinski definition) is 3. The number of likely N-dealkylation sites (tertiary alicyclic amines) is 2. The molecule has 0 bridgehead atoms. The summed E-state index contributed by atoms with van der Waals surface area (Å²) < 4.78 is 0. The first-order valence-electron chi connectivity index (χ1n) is 8.40. The number of aliphatic carboxylic acids is 1. The third-order valence-electron chi connectivity index (χ3n) is 5.08. The van der Waals surface area contributed by atoms with Crippen molar-refractivity contribution >= 4 is 17.8 Å². The molecule has 122 valence electrons. The number of carboxylic acid groups (broad SMARTS) is 1. The maximum Gasteiger partial charge on any atom is 0.326 e. The average Bonchev–Trinajstić information content (AvgIpc) is 3.38. The molecule has 0 aromatic carbocycles. The summed E-state index contributed by atoms with van der Waals surface area (Å²) in [6.45, 7) is 1.74. The fraction of sp³-hybridized carbons (Fsp3) is 0.812. The molecule has 6 nitrogen and oxygen atoms in total. The number of hydrogen-bond donors (Lipinski definition) is 1. The predicted octanol–water partition coefficient (Wildman–Crippen LogP) is 1.10. The molecular formula is C16H24N2O4. The number of carboxylic acids is 1.